The Kier molecular flexibility index (Phi) is 5.72. The molecule has 0 aromatic carbocycles. The van der Waals surface area contributed by atoms with Crippen molar-refractivity contribution >= 4 is 22.4 Å². The molecule has 5 rings (SSSR count). The molecule has 1 saturated heterocycles. The first-order valence-corrected chi connectivity index (χ1v) is 11.6. The van der Waals surface area contributed by atoms with Crippen molar-refractivity contribution in [1.29, 1.82) is 0 Å². The van der Waals surface area contributed by atoms with Gasteiger partial charge in [-0.1, -0.05) is 19.3 Å². The van der Waals surface area contributed by atoms with Gasteiger partial charge in [0.1, 0.15) is 11.6 Å². The van der Waals surface area contributed by atoms with Gasteiger partial charge in [0, 0.05) is 66.1 Å². The van der Waals surface area contributed by atoms with Gasteiger partial charge in [-0.25, -0.2) is 9.97 Å². The number of aromatic nitrogens is 3. The molecule has 0 amide bonds. The molecule has 2 fully saturated rings. The Morgan fingerprint density at radius 1 is 1.00 bits per heavy atom. The van der Waals surface area contributed by atoms with Crippen LogP contribution in [0.4, 0.5) is 11.6 Å². The molecule has 0 bridgehead atoms. The number of fused-ring (bicyclic) bond motifs is 1. The summed E-state index contributed by atoms with van der Waals surface area (Å²) >= 11 is 0. The Labute approximate surface area is 184 Å². The van der Waals surface area contributed by atoms with Crippen molar-refractivity contribution < 1.29 is 0 Å². The fraction of sp³-hybridized carbons (Fsp3) is 0.480. The maximum absolute atomic E-state index is 5.17. The highest BCUT2D eigenvalue weighted by molar-refractivity contribution is 5.94. The molecule has 1 saturated carbocycles. The topological polar surface area (TPSA) is 66.0 Å². The smallest absolute Gasteiger partial charge is 0.137 e. The Bertz CT molecular complexity index is 1040. The van der Waals surface area contributed by atoms with E-state index in [1.165, 1.54) is 32.1 Å². The van der Waals surface area contributed by atoms with Gasteiger partial charge >= 0.3 is 0 Å². The van der Waals surface area contributed by atoms with Crippen molar-refractivity contribution in [3.8, 4) is 11.3 Å². The van der Waals surface area contributed by atoms with Crippen LogP contribution in [0.3, 0.4) is 0 Å². The summed E-state index contributed by atoms with van der Waals surface area (Å²) in [6.07, 6.45) is 12.1. The van der Waals surface area contributed by atoms with Crippen LogP contribution in [0.1, 0.15) is 46.0 Å². The van der Waals surface area contributed by atoms with E-state index in [1.807, 2.05) is 18.6 Å². The van der Waals surface area contributed by atoms with Crippen LogP contribution in [0.25, 0.3) is 22.0 Å². The van der Waals surface area contributed by atoms with Crippen molar-refractivity contribution in [1.82, 2.24) is 20.3 Å². The minimum absolute atomic E-state index is 0.429. The summed E-state index contributed by atoms with van der Waals surface area (Å²) in [5.41, 5.74) is 2.07. The van der Waals surface area contributed by atoms with Gasteiger partial charge in [-0.15, -0.1) is 0 Å². The van der Waals surface area contributed by atoms with Gasteiger partial charge in [0.15, 0.2) is 0 Å². The first-order chi connectivity index (χ1) is 15.2. The Morgan fingerprint density at radius 2 is 1.81 bits per heavy atom. The largest absolute Gasteiger partial charge is 0.367 e. The zero-order valence-electron chi connectivity index (χ0n) is 18.5. The molecule has 1 aliphatic heterocycles. The molecule has 162 valence electrons. The van der Waals surface area contributed by atoms with Crippen LogP contribution < -0.4 is 15.5 Å². The molecule has 4 heterocycles. The third kappa shape index (κ3) is 4.49. The quantitative estimate of drug-likeness (QED) is 0.647. The summed E-state index contributed by atoms with van der Waals surface area (Å²) < 4.78 is 0. The molecule has 0 spiro atoms. The van der Waals surface area contributed by atoms with E-state index < -0.39 is 0 Å². The van der Waals surface area contributed by atoms with Gasteiger partial charge in [0.2, 0.25) is 0 Å². The van der Waals surface area contributed by atoms with Crippen LogP contribution in [0.5, 0.6) is 0 Å². The van der Waals surface area contributed by atoms with Crippen LogP contribution in [0.2, 0.25) is 0 Å². The SMILES string of the molecule is C[C@@H]1CN(c2nc(-c3ccnc(NC4CCCCC4)c3)cc3cnccc23)C[C@H](C)N1. The van der Waals surface area contributed by atoms with E-state index in [2.05, 4.69) is 63.6 Å². The number of hydrogen-bond acceptors (Lipinski definition) is 6. The van der Waals surface area contributed by atoms with Crippen molar-refractivity contribution in [2.24, 2.45) is 0 Å². The molecular formula is C25H32N6. The second-order valence-electron chi connectivity index (χ2n) is 9.21. The lowest BCUT2D eigenvalue weighted by molar-refractivity contribution is 0.406. The van der Waals surface area contributed by atoms with Crippen molar-refractivity contribution in [3.63, 3.8) is 0 Å². The number of piperazine rings is 1. The molecule has 2 N–H and O–H groups in total. The zero-order chi connectivity index (χ0) is 21.2. The van der Waals surface area contributed by atoms with Gasteiger partial charge in [-0.3, -0.25) is 4.98 Å². The zero-order valence-corrected chi connectivity index (χ0v) is 18.5. The average molecular weight is 417 g/mol. The summed E-state index contributed by atoms with van der Waals surface area (Å²) in [7, 11) is 0. The van der Waals surface area contributed by atoms with E-state index in [1.54, 1.807) is 0 Å². The summed E-state index contributed by atoms with van der Waals surface area (Å²) in [4.78, 5) is 16.5. The third-order valence-corrected chi connectivity index (χ3v) is 6.48. The second-order valence-corrected chi connectivity index (χ2v) is 9.21. The number of pyridine rings is 3. The first kappa shape index (κ1) is 20.2. The molecule has 3 aromatic rings. The summed E-state index contributed by atoms with van der Waals surface area (Å²) in [5.74, 6) is 2.00. The minimum Gasteiger partial charge on any atom is -0.367 e. The van der Waals surface area contributed by atoms with Crippen LogP contribution >= 0.6 is 0 Å². The van der Waals surface area contributed by atoms with Gasteiger partial charge in [0.25, 0.3) is 0 Å². The van der Waals surface area contributed by atoms with Crippen LogP contribution in [0, 0.1) is 0 Å². The first-order valence-electron chi connectivity index (χ1n) is 11.6. The lowest BCUT2D eigenvalue weighted by Crippen LogP contribution is -2.54. The molecule has 0 unspecified atom stereocenters. The van der Waals surface area contributed by atoms with Crippen LogP contribution in [-0.2, 0) is 0 Å². The standard InChI is InChI=1S/C25H32N6/c1-17-15-31(16-18(2)28-17)25-22-9-10-26-14-20(22)12-23(30-25)19-8-11-27-24(13-19)29-21-6-4-3-5-7-21/h8-14,17-18,21,28H,3-7,15-16H2,1-2H3,(H,27,29)/t17-,18+. The van der Waals surface area contributed by atoms with E-state index in [-0.39, 0.29) is 0 Å². The van der Waals surface area contributed by atoms with Crippen LogP contribution in [-0.4, -0.2) is 46.2 Å². The third-order valence-electron chi connectivity index (χ3n) is 6.48. The Balaban J connectivity index is 1.51. The van der Waals surface area contributed by atoms with Gasteiger partial charge in [-0.05, 0) is 51.0 Å². The number of hydrogen-bond donors (Lipinski definition) is 2. The molecule has 2 atom stereocenters. The molecule has 6 nitrogen and oxygen atoms in total. The van der Waals surface area contributed by atoms with E-state index in [0.717, 1.165) is 46.8 Å². The second kappa shape index (κ2) is 8.79. The number of anilines is 2. The summed E-state index contributed by atoms with van der Waals surface area (Å²) in [6.45, 7) is 6.37. The molecule has 3 aromatic heterocycles. The molecule has 0 radical (unpaired) electrons. The van der Waals surface area contributed by atoms with Crippen molar-refractivity contribution in [2.75, 3.05) is 23.3 Å². The van der Waals surface area contributed by atoms with Crippen molar-refractivity contribution in [2.45, 2.75) is 64.1 Å². The van der Waals surface area contributed by atoms with Crippen molar-refractivity contribution in [3.05, 3.63) is 42.9 Å². The molecule has 31 heavy (non-hydrogen) atoms. The van der Waals surface area contributed by atoms with E-state index in [4.69, 9.17) is 4.98 Å². The molecule has 1 aliphatic carbocycles. The maximum Gasteiger partial charge on any atom is 0.137 e. The highest BCUT2D eigenvalue weighted by Crippen LogP contribution is 2.31. The highest BCUT2D eigenvalue weighted by atomic mass is 15.3. The maximum atomic E-state index is 5.17. The predicted molar refractivity (Wildman–Crippen MR) is 128 cm³/mol. The molecule has 2 aliphatic rings. The van der Waals surface area contributed by atoms with Gasteiger partial charge < -0.3 is 15.5 Å². The molecular weight excluding hydrogens is 384 g/mol. The summed E-state index contributed by atoms with van der Waals surface area (Å²) in [5, 5.41) is 9.56. The number of rotatable bonds is 4. The van der Waals surface area contributed by atoms with E-state index in [0.29, 0.717) is 18.1 Å². The lowest BCUT2D eigenvalue weighted by Gasteiger charge is -2.37. The van der Waals surface area contributed by atoms with Gasteiger partial charge in [-0.2, -0.15) is 0 Å². The average Bonchev–Trinajstić information content (AvgIpc) is 2.78. The normalized spacial score (nSPS) is 22.6. The Hall–Kier alpha value is -2.73. The lowest BCUT2D eigenvalue weighted by atomic mass is 9.95. The predicted octanol–water partition coefficient (Wildman–Crippen LogP) is 4.62. The van der Waals surface area contributed by atoms with Gasteiger partial charge in [0.05, 0.1) is 5.69 Å². The Morgan fingerprint density at radius 3 is 2.61 bits per heavy atom. The van der Waals surface area contributed by atoms with Crippen LogP contribution in [0.15, 0.2) is 42.9 Å². The minimum atomic E-state index is 0.429. The fourth-order valence-electron chi connectivity index (χ4n) is 5.09. The summed E-state index contributed by atoms with van der Waals surface area (Å²) in [6, 6.07) is 9.83. The highest BCUT2D eigenvalue weighted by Gasteiger charge is 2.24. The number of nitrogens with one attached hydrogen (secondary N) is 2. The monoisotopic (exact) mass is 416 g/mol. The fourth-order valence-corrected chi connectivity index (χ4v) is 5.09. The number of nitrogens with zero attached hydrogens (tertiary/aromatic N) is 4. The van der Waals surface area contributed by atoms with E-state index >= 15 is 0 Å². The van der Waals surface area contributed by atoms with E-state index in [9.17, 15) is 0 Å². The molecule has 6 heteroatoms.